The van der Waals surface area contributed by atoms with E-state index in [2.05, 4.69) is 12.1 Å². The quantitative estimate of drug-likeness (QED) is 0.412. The molecule has 3 aromatic rings. The Morgan fingerprint density at radius 3 is 2.21 bits per heavy atom. The van der Waals surface area contributed by atoms with Gasteiger partial charge in [0.15, 0.2) is 0 Å². The van der Waals surface area contributed by atoms with Crippen LogP contribution in [0.1, 0.15) is 33.2 Å². The molecule has 29 heavy (non-hydrogen) atoms. The molecule has 0 saturated heterocycles. The predicted octanol–water partition coefficient (Wildman–Crippen LogP) is 4.70. The molecule has 0 N–H and O–H groups in total. The Balaban J connectivity index is 1.59. The normalized spacial score (nSPS) is 10.2. The summed E-state index contributed by atoms with van der Waals surface area (Å²) in [7, 11) is 0. The van der Waals surface area contributed by atoms with Crippen LogP contribution in [0.3, 0.4) is 0 Å². The van der Waals surface area contributed by atoms with Gasteiger partial charge in [0.05, 0.1) is 18.8 Å². The Kier molecular flexibility index (Phi) is 7.00. The van der Waals surface area contributed by atoms with Crippen molar-refractivity contribution >= 4 is 11.9 Å². The Morgan fingerprint density at radius 1 is 0.793 bits per heavy atom. The third kappa shape index (κ3) is 5.69. The van der Waals surface area contributed by atoms with E-state index in [9.17, 15) is 9.59 Å². The van der Waals surface area contributed by atoms with Crippen LogP contribution >= 0.6 is 0 Å². The first-order valence-electron chi connectivity index (χ1n) is 9.42. The molecule has 0 fully saturated rings. The number of para-hydroxylation sites is 1. The predicted molar refractivity (Wildman–Crippen MR) is 109 cm³/mol. The average molecular weight is 390 g/mol. The van der Waals surface area contributed by atoms with Gasteiger partial charge in [-0.3, -0.25) is 0 Å². The van der Waals surface area contributed by atoms with Gasteiger partial charge in [-0.05, 0) is 48.9 Å². The molecule has 3 aromatic carbocycles. The third-order valence-electron chi connectivity index (χ3n) is 4.18. The SMILES string of the molecule is CCOC(=O)c1ccccc1OC(=O)c1ccc(OCCc2ccccc2)cc1. The number of esters is 2. The maximum absolute atomic E-state index is 12.4. The summed E-state index contributed by atoms with van der Waals surface area (Å²) in [5.74, 6) is -0.251. The lowest BCUT2D eigenvalue weighted by Crippen LogP contribution is -2.13. The standard InChI is InChI=1S/C24H22O5/c1-2-27-24(26)21-10-6-7-11-22(21)29-23(25)19-12-14-20(15-13-19)28-17-16-18-8-4-3-5-9-18/h3-15H,2,16-17H2,1H3. The van der Waals surface area contributed by atoms with Gasteiger partial charge in [-0.1, -0.05) is 42.5 Å². The highest BCUT2D eigenvalue weighted by Crippen LogP contribution is 2.21. The molecule has 0 spiro atoms. The van der Waals surface area contributed by atoms with Gasteiger partial charge < -0.3 is 14.2 Å². The molecule has 148 valence electrons. The van der Waals surface area contributed by atoms with Crippen molar-refractivity contribution in [2.75, 3.05) is 13.2 Å². The zero-order valence-corrected chi connectivity index (χ0v) is 16.2. The number of rotatable bonds is 8. The molecule has 0 aromatic heterocycles. The number of carbonyl (C=O) groups is 2. The van der Waals surface area contributed by atoms with E-state index < -0.39 is 11.9 Å². The molecule has 0 bridgehead atoms. The average Bonchev–Trinajstić information content (AvgIpc) is 2.75. The number of hydrogen-bond acceptors (Lipinski definition) is 5. The minimum absolute atomic E-state index is 0.166. The third-order valence-corrected chi connectivity index (χ3v) is 4.18. The molecule has 0 heterocycles. The van der Waals surface area contributed by atoms with Crippen molar-refractivity contribution in [3.63, 3.8) is 0 Å². The molecule has 0 aliphatic heterocycles. The molecule has 0 saturated carbocycles. The van der Waals surface area contributed by atoms with Crippen LogP contribution in [0.4, 0.5) is 0 Å². The molecule has 0 amide bonds. The molecule has 0 unspecified atom stereocenters. The highest BCUT2D eigenvalue weighted by atomic mass is 16.5. The molecule has 0 radical (unpaired) electrons. The van der Waals surface area contributed by atoms with Crippen molar-refractivity contribution in [1.29, 1.82) is 0 Å². The molecular weight excluding hydrogens is 368 g/mol. The van der Waals surface area contributed by atoms with Crippen LogP contribution in [0.25, 0.3) is 0 Å². The van der Waals surface area contributed by atoms with Gasteiger partial charge in [0.1, 0.15) is 17.1 Å². The van der Waals surface area contributed by atoms with E-state index in [1.807, 2.05) is 18.2 Å². The molecular formula is C24H22O5. The lowest BCUT2D eigenvalue weighted by molar-refractivity contribution is 0.0520. The van der Waals surface area contributed by atoms with Crippen LogP contribution in [-0.2, 0) is 11.2 Å². The van der Waals surface area contributed by atoms with Gasteiger partial charge >= 0.3 is 11.9 Å². The van der Waals surface area contributed by atoms with E-state index in [4.69, 9.17) is 14.2 Å². The Morgan fingerprint density at radius 2 is 1.48 bits per heavy atom. The van der Waals surface area contributed by atoms with Crippen LogP contribution < -0.4 is 9.47 Å². The lowest BCUT2D eigenvalue weighted by Gasteiger charge is -2.10. The highest BCUT2D eigenvalue weighted by molar-refractivity contribution is 5.96. The summed E-state index contributed by atoms with van der Waals surface area (Å²) in [6, 6.07) is 23.3. The second kappa shape index (κ2) is 10.1. The topological polar surface area (TPSA) is 61.8 Å². The Hall–Kier alpha value is -3.60. The molecule has 5 nitrogen and oxygen atoms in total. The van der Waals surface area contributed by atoms with E-state index in [-0.39, 0.29) is 17.9 Å². The maximum Gasteiger partial charge on any atom is 0.343 e. The first-order chi connectivity index (χ1) is 14.2. The van der Waals surface area contributed by atoms with Crippen LogP contribution in [0, 0.1) is 0 Å². The summed E-state index contributed by atoms with van der Waals surface area (Å²) in [5.41, 5.74) is 1.77. The van der Waals surface area contributed by atoms with Crippen LogP contribution in [0.15, 0.2) is 78.9 Å². The fourth-order valence-corrected chi connectivity index (χ4v) is 2.71. The highest BCUT2D eigenvalue weighted by Gasteiger charge is 2.17. The van der Waals surface area contributed by atoms with E-state index in [1.165, 1.54) is 5.56 Å². The van der Waals surface area contributed by atoms with Crippen LogP contribution in [0.2, 0.25) is 0 Å². The van der Waals surface area contributed by atoms with Crippen molar-refractivity contribution in [2.24, 2.45) is 0 Å². The zero-order valence-electron chi connectivity index (χ0n) is 16.2. The van der Waals surface area contributed by atoms with Gasteiger partial charge in [0.25, 0.3) is 0 Å². The monoisotopic (exact) mass is 390 g/mol. The second-order valence-corrected chi connectivity index (χ2v) is 6.21. The van der Waals surface area contributed by atoms with Crippen molar-refractivity contribution in [1.82, 2.24) is 0 Å². The fraction of sp³-hybridized carbons (Fsp3) is 0.167. The van der Waals surface area contributed by atoms with Gasteiger partial charge in [0.2, 0.25) is 0 Å². The number of benzene rings is 3. The van der Waals surface area contributed by atoms with Gasteiger partial charge in [0, 0.05) is 6.42 Å². The summed E-state index contributed by atoms with van der Waals surface area (Å²) < 4.78 is 16.1. The van der Waals surface area contributed by atoms with Gasteiger partial charge in [-0.2, -0.15) is 0 Å². The summed E-state index contributed by atoms with van der Waals surface area (Å²) >= 11 is 0. The Labute approximate surface area is 169 Å². The van der Waals surface area contributed by atoms with Gasteiger partial charge in [-0.15, -0.1) is 0 Å². The zero-order chi connectivity index (χ0) is 20.5. The number of hydrogen-bond donors (Lipinski definition) is 0. The molecule has 0 aliphatic carbocycles. The van der Waals surface area contributed by atoms with Crippen molar-refractivity contribution < 1.29 is 23.8 Å². The number of ether oxygens (including phenoxy) is 3. The molecule has 0 atom stereocenters. The first-order valence-corrected chi connectivity index (χ1v) is 9.42. The second-order valence-electron chi connectivity index (χ2n) is 6.21. The summed E-state index contributed by atoms with van der Waals surface area (Å²) in [4.78, 5) is 24.4. The molecule has 5 heteroatoms. The Bertz CT molecular complexity index is 949. The lowest BCUT2D eigenvalue weighted by atomic mass is 10.2. The minimum atomic E-state index is -0.558. The number of carbonyl (C=O) groups excluding carboxylic acids is 2. The molecule has 0 aliphatic rings. The van der Waals surface area contributed by atoms with E-state index in [0.717, 1.165) is 6.42 Å². The first kappa shape index (κ1) is 20.1. The van der Waals surface area contributed by atoms with E-state index in [1.54, 1.807) is 55.5 Å². The van der Waals surface area contributed by atoms with Crippen molar-refractivity contribution in [2.45, 2.75) is 13.3 Å². The summed E-state index contributed by atoms with van der Waals surface area (Å²) in [6.45, 7) is 2.50. The molecule has 3 rings (SSSR count). The van der Waals surface area contributed by atoms with Crippen LogP contribution in [-0.4, -0.2) is 25.2 Å². The van der Waals surface area contributed by atoms with E-state index >= 15 is 0 Å². The largest absolute Gasteiger partial charge is 0.493 e. The van der Waals surface area contributed by atoms with Crippen LogP contribution in [0.5, 0.6) is 11.5 Å². The van der Waals surface area contributed by atoms with Gasteiger partial charge in [-0.25, -0.2) is 9.59 Å². The van der Waals surface area contributed by atoms with Crippen molar-refractivity contribution in [3.05, 3.63) is 95.6 Å². The summed E-state index contributed by atoms with van der Waals surface area (Å²) in [6.07, 6.45) is 0.801. The van der Waals surface area contributed by atoms with E-state index in [0.29, 0.717) is 17.9 Å². The van der Waals surface area contributed by atoms with Crippen molar-refractivity contribution in [3.8, 4) is 11.5 Å². The minimum Gasteiger partial charge on any atom is -0.493 e. The smallest absolute Gasteiger partial charge is 0.343 e. The maximum atomic E-state index is 12.4. The fourth-order valence-electron chi connectivity index (χ4n) is 2.71. The summed E-state index contributed by atoms with van der Waals surface area (Å²) in [5, 5.41) is 0.